The Balaban J connectivity index is 1.94. The van der Waals surface area contributed by atoms with Crippen LogP contribution in [0.1, 0.15) is 57.6 Å². The predicted octanol–water partition coefficient (Wildman–Crippen LogP) is 4.05. The second-order valence-corrected chi connectivity index (χ2v) is 7.58. The molecule has 0 radical (unpaired) electrons. The molecule has 2 rings (SSSR count). The fourth-order valence-corrected chi connectivity index (χ4v) is 3.09. The van der Waals surface area contributed by atoms with E-state index in [1.54, 1.807) is 24.0 Å². The fourth-order valence-electron chi connectivity index (χ4n) is 3.09. The summed E-state index contributed by atoms with van der Waals surface area (Å²) in [5.41, 5.74) is 0.728. The fraction of sp³-hybridized carbons (Fsp3) is 0.600. The molecule has 1 aromatic rings. The molecule has 1 fully saturated rings. The van der Waals surface area contributed by atoms with Crippen molar-refractivity contribution in [3.05, 3.63) is 35.1 Å². The smallest absolute Gasteiger partial charge is 0.410 e. The minimum Gasteiger partial charge on any atom is -0.466 e. The van der Waals surface area contributed by atoms with E-state index in [2.05, 4.69) is 0 Å². The number of carbonyl (C=O) groups excluding carboxylic acids is 2. The predicted molar refractivity (Wildman–Crippen MR) is 96.5 cm³/mol. The Morgan fingerprint density at radius 2 is 1.88 bits per heavy atom. The molecule has 1 aliphatic rings. The average Bonchev–Trinajstić information content (AvgIpc) is 2.54. The maximum Gasteiger partial charge on any atom is 0.410 e. The molecule has 0 N–H and O–H groups in total. The van der Waals surface area contributed by atoms with E-state index in [-0.39, 0.29) is 30.2 Å². The van der Waals surface area contributed by atoms with E-state index in [0.717, 1.165) is 0 Å². The van der Waals surface area contributed by atoms with Crippen molar-refractivity contribution in [1.29, 1.82) is 0 Å². The number of carbonyl (C=O) groups is 2. The lowest BCUT2D eigenvalue weighted by Crippen LogP contribution is -2.41. The van der Waals surface area contributed by atoms with Crippen LogP contribution >= 0.6 is 0 Å². The highest BCUT2D eigenvalue weighted by molar-refractivity contribution is 5.72. The summed E-state index contributed by atoms with van der Waals surface area (Å²) in [6.07, 6.45) is 1.13. The minimum atomic E-state index is -0.519. The summed E-state index contributed by atoms with van der Waals surface area (Å²) >= 11 is 0. The van der Waals surface area contributed by atoms with Gasteiger partial charge in [-0.1, -0.05) is 12.1 Å². The van der Waals surface area contributed by atoms with Crippen LogP contribution in [0.5, 0.6) is 0 Å². The number of hydrogen-bond acceptors (Lipinski definition) is 4. The highest BCUT2D eigenvalue weighted by Crippen LogP contribution is 2.31. The van der Waals surface area contributed by atoms with Crippen molar-refractivity contribution >= 4 is 12.1 Å². The summed E-state index contributed by atoms with van der Waals surface area (Å²) in [6, 6.07) is 4.93. The van der Waals surface area contributed by atoms with Crippen molar-refractivity contribution in [3.63, 3.8) is 0 Å². The van der Waals surface area contributed by atoms with Gasteiger partial charge in [0, 0.05) is 13.1 Å². The molecule has 0 aromatic heterocycles. The molecule has 5 nitrogen and oxygen atoms in total. The quantitative estimate of drug-likeness (QED) is 0.756. The van der Waals surface area contributed by atoms with Crippen LogP contribution in [0.4, 0.5) is 9.18 Å². The van der Waals surface area contributed by atoms with Crippen molar-refractivity contribution < 1.29 is 23.5 Å². The van der Waals surface area contributed by atoms with Gasteiger partial charge < -0.3 is 14.4 Å². The first-order chi connectivity index (χ1) is 12.2. The highest BCUT2D eigenvalue weighted by Gasteiger charge is 2.28. The number of benzene rings is 1. The lowest BCUT2D eigenvalue weighted by molar-refractivity contribution is -0.142. The zero-order chi connectivity index (χ0) is 19.3. The van der Waals surface area contributed by atoms with Gasteiger partial charge in [-0.25, -0.2) is 9.18 Å². The van der Waals surface area contributed by atoms with Gasteiger partial charge in [0.15, 0.2) is 0 Å². The van der Waals surface area contributed by atoms with Crippen LogP contribution in [0, 0.1) is 5.82 Å². The Morgan fingerprint density at radius 1 is 1.23 bits per heavy atom. The molecular weight excluding hydrogens is 337 g/mol. The van der Waals surface area contributed by atoms with Crippen LogP contribution in [-0.2, 0) is 20.7 Å². The monoisotopic (exact) mass is 365 g/mol. The number of halogens is 1. The molecule has 0 unspecified atom stereocenters. The normalized spacial score (nSPS) is 15.7. The molecule has 0 saturated carbocycles. The first-order valence-corrected chi connectivity index (χ1v) is 9.11. The Labute approximate surface area is 154 Å². The molecule has 0 bridgehead atoms. The van der Waals surface area contributed by atoms with Crippen molar-refractivity contribution in [3.8, 4) is 0 Å². The maximum absolute atomic E-state index is 14.5. The third kappa shape index (κ3) is 5.71. The molecule has 1 amide bonds. The molecule has 0 spiro atoms. The Kier molecular flexibility index (Phi) is 6.62. The molecule has 1 aliphatic heterocycles. The number of hydrogen-bond donors (Lipinski definition) is 0. The van der Waals surface area contributed by atoms with Gasteiger partial charge in [0.05, 0.1) is 13.0 Å². The van der Waals surface area contributed by atoms with Crippen molar-refractivity contribution in [2.75, 3.05) is 19.7 Å². The summed E-state index contributed by atoms with van der Waals surface area (Å²) in [6.45, 7) is 8.66. The van der Waals surface area contributed by atoms with Crippen LogP contribution in [0.3, 0.4) is 0 Å². The third-order valence-electron chi connectivity index (χ3n) is 4.31. The molecule has 0 aliphatic carbocycles. The van der Waals surface area contributed by atoms with Gasteiger partial charge in [0.25, 0.3) is 0 Å². The largest absolute Gasteiger partial charge is 0.466 e. The lowest BCUT2D eigenvalue weighted by atomic mass is 9.88. The number of nitrogens with zero attached hydrogens (tertiary/aromatic N) is 1. The molecule has 144 valence electrons. The van der Waals surface area contributed by atoms with Crippen LogP contribution in [0.15, 0.2) is 18.2 Å². The molecule has 26 heavy (non-hydrogen) atoms. The van der Waals surface area contributed by atoms with Gasteiger partial charge in [0.1, 0.15) is 11.4 Å². The van der Waals surface area contributed by atoms with E-state index < -0.39 is 5.60 Å². The Hall–Kier alpha value is -2.11. The van der Waals surface area contributed by atoms with Gasteiger partial charge in [0.2, 0.25) is 0 Å². The summed E-state index contributed by atoms with van der Waals surface area (Å²) in [7, 11) is 0. The van der Waals surface area contributed by atoms with E-state index in [9.17, 15) is 14.0 Å². The Bertz CT molecular complexity index is 646. The summed E-state index contributed by atoms with van der Waals surface area (Å²) in [5.74, 6) is -0.599. The van der Waals surface area contributed by atoms with Gasteiger partial charge in [-0.15, -0.1) is 0 Å². The first-order valence-electron chi connectivity index (χ1n) is 9.11. The number of esters is 1. The van der Waals surface area contributed by atoms with Gasteiger partial charge >= 0.3 is 12.1 Å². The van der Waals surface area contributed by atoms with Crippen LogP contribution in [0.25, 0.3) is 0 Å². The molecule has 1 saturated heterocycles. The zero-order valence-electron chi connectivity index (χ0n) is 16.0. The van der Waals surface area contributed by atoms with Gasteiger partial charge in [-0.05, 0) is 63.6 Å². The number of amides is 1. The summed E-state index contributed by atoms with van der Waals surface area (Å²) in [4.78, 5) is 25.3. The topological polar surface area (TPSA) is 55.8 Å². The molecule has 0 atom stereocenters. The van der Waals surface area contributed by atoms with Crippen molar-refractivity contribution in [2.45, 2.75) is 58.5 Å². The van der Waals surface area contributed by atoms with E-state index >= 15 is 0 Å². The van der Waals surface area contributed by atoms with Gasteiger partial charge in [-0.3, -0.25) is 4.79 Å². The van der Waals surface area contributed by atoms with Gasteiger partial charge in [-0.2, -0.15) is 0 Å². The van der Waals surface area contributed by atoms with Crippen LogP contribution in [-0.4, -0.2) is 42.3 Å². The molecule has 1 heterocycles. The van der Waals surface area contributed by atoms with Crippen molar-refractivity contribution in [1.82, 2.24) is 4.90 Å². The number of ether oxygens (including phenoxy) is 2. The van der Waals surface area contributed by atoms with E-state index in [4.69, 9.17) is 9.47 Å². The lowest BCUT2D eigenvalue weighted by Gasteiger charge is -2.33. The first kappa shape index (κ1) is 20.2. The van der Waals surface area contributed by atoms with Crippen LogP contribution < -0.4 is 0 Å². The Morgan fingerprint density at radius 3 is 2.42 bits per heavy atom. The SMILES string of the molecule is CCOC(=O)Cc1ccc(C2CCN(C(=O)OC(C)(C)C)CC2)c(F)c1. The molecule has 1 aromatic carbocycles. The van der Waals surface area contributed by atoms with E-state index in [0.29, 0.717) is 43.7 Å². The highest BCUT2D eigenvalue weighted by atomic mass is 19.1. The number of rotatable bonds is 4. The minimum absolute atomic E-state index is 0.0605. The summed E-state index contributed by atoms with van der Waals surface area (Å²) in [5, 5.41) is 0. The maximum atomic E-state index is 14.5. The molecule has 6 heteroatoms. The van der Waals surface area contributed by atoms with E-state index in [1.807, 2.05) is 20.8 Å². The standard InChI is InChI=1S/C20H28FNO4/c1-5-25-18(23)13-14-6-7-16(17(21)12-14)15-8-10-22(11-9-15)19(24)26-20(2,3)4/h6-7,12,15H,5,8-11,13H2,1-4H3. The van der Waals surface area contributed by atoms with E-state index in [1.165, 1.54) is 6.07 Å². The second-order valence-electron chi connectivity index (χ2n) is 7.58. The molecular formula is C20H28FNO4. The zero-order valence-corrected chi connectivity index (χ0v) is 16.0. The summed E-state index contributed by atoms with van der Waals surface area (Å²) < 4.78 is 24.8. The number of piperidine rings is 1. The van der Waals surface area contributed by atoms with Crippen LogP contribution in [0.2, 0.25) is 0 Å². The average molecular weight is 365 g/mol. The second kappa shape index (κ2) is 8.52. The van der Waals surface area contributed by atoms with Crippen molar-refractivity contribution in [2.24, 2.45) is 0 Å². The number of likely N-dealkylation sites (tertiary alicyclic amines) is 1. The third-order valence-corrected chi connectivity index (χ3v) is 4.31.